The molecule has 1 amide bonds. The van der Waals surface area contributed by atoms with Crippen molar-refractivity contribution in [3.63, 3.8) is 0 Å². The van der Waals surface area contributed by atoms with Gasteiger partial charge in [0.15, 0.2) is 0 Å². The maximum atomic E-state index is 12.9. The van der Waals surface area contributed by atoms with Crippen LogP contribution in [0.3, 0.4) is 0 Å². The lowest BCUT2D eigenvalue weighted by Crippen LogP contribution is -2.64. The Morgan fingerprint density at radius 2 is 0.857 bits per heavy atom. The zero-order valence-corrected chi connectivity index (χ0v) is 36.4. The van der Waals surface area contributed by atoms with Gasteiger partial charge in [-0.15, -0.1) is 0 Å². The number of carbonyl (C=O) groups is 1. The lowest BCUT2D eigenvalue weighted by molar-refractivity contribution is -0.220. The van der Waals surface area contributed by atoms with E-state index in [0.29, 0.717) is 19.3 Å². The molecule has 12 nitrogen and oxygen atoms in total. The number of hydrogen-bond donors (Lipinski definition) is 8. The van der Waals surface area contributed by atoms with Crippen LogP contribution in [0.4, 0.5) is 0 Å². The molecule has 1 saturated carbocycles. The number of rotatable bonds is 38. The largest absolute Gasteiger partial charge is 0.472 e. The third-order valence-corrected chi connectivity index (χ3v) is 12.4. The van der Waals surface area contributed by atoms with Crippen molar-refractivity contribution in [3.8, 4) is 0 Å². The van der Waals surface area contributed by atoms with Crippen LogP contribution in [-0.4, -0.2) is 96.8 Å². The van der Waals surface area contributed by atoms with Gasteiger partial charge in [-0.2, -0.15) is 0 Å². The summed E-state index contributed by atoms with van der Waals surface area (Å²) < 4.78 is 22.9. The Balaban J connectivity index is 2.47. The number of phosphoric ester groups is 1. The molecule has 0 radical (unpaired) electrons. The molecule has 1 aliphatic rings. The van der Waals surface area contributed by atoms with Gasteiger partial charge in [-0.25, -0.2) is 4.57 Å². The maximum Gasteiger partial charge on any atom is 0.472 e. The number of unbranched alkanes of at least 4 members (excludes halogenated alkanes) is 27. The van der Waals surface area contributed by atoms with E-state index in [1.165, 1.54) is 135 Å². The number of hydrogen-bond acceptors (Lipinski definition) is 10. The molecular weight excluding hydrogens is 737 g/mol. The van der Waals surface area contributed by atoms with Crippen molar-refractivity contribution < 1.29 is 53.9 Å². The number of aliphatic hydroxyl groups excluding tert-OH is 6. The highest BCUT2D eigenvalue weighted by atomic mass is 31.2. The molecule has 0 heterocycles. The highest BCUT2D eigenvalue weighted by molar-refractivity contribution is 7.47. The molecule has 0 aromatic rings. The summed E-state index contributed by atoms with van der Waals surface area (Å²) in [6.07, 6.45) is 22.7. The van der Waals surface area contributed by atoms with Gasteiger partial charge in [0.25, 0.3) is 0 Å². The molecule has 0 saturated heterocycles. The van der Waals surface area contributed by atoms with Crippen LogP contribution in [0, 0.1) is 0 Å². The Hall–Kier alpha value is -0.660. The van der Waals surface area contributed by atoms with Gasteiger partial charge < -0.3 is 40.8 Å². The summed E-state index contributed by atoms with van der Waals surface area (Å²) in [6.45, 7) is 3.89. The lowest BCUT2D eigenvalue weighted by Gasteiger charge is -2.41. The van der Waals surface area contributed by atoms with Crippen LogP contribution in [0.15, 0.2) is 0 Å². The second kappa shape index (κ2) is 34.1. The Bertz CT molecular complexity index is 962. The molecule has 0 aromatic carbocycles. The summed E-state index contributed by atoms with van der Waals surface area (Å²) in [7, 11) is -5.05. The molecule has 13 heteroatoms. The smallest absolute Gasteiger partial charge is 0.391 e. The van der Waals surface area contributed by atoms with Crippen molar-refractivity contribution in [1.82, 2.24) is 5.32 Å². The Morgan fingerprint density at radius 1 is 0.536 bits per heavy atom. The zero-order valence-electron chi connectivity index (χ0n) is 35.5. The van der Waals surface area contributed by atoms with E-state index in [1.807, 2.05) is 0 Å². The molecule has 1 aliphatic carbocycles. The van der Waals surface area contributed by atoms with Gasteiger partial charge in [0.1, 0.15) is 36.6 Å². The monoisotopic (exact) mass is 824 g/mol. The van der Waals surface area contributed by atoms with E-state index in [-0.39, 0.29) is 12.3 Å². The number of carbonyl (C=O) groups excluding carboxylic acids is 1. The minimum Gasteiger partial charge on any atom is -0.391 e. The van der Waals surface area contributed by atoms with Crippen molar-refractivity contribution in [3.05, 3.63) is 0 Å². The molecule has 56 heavy (non-hydrogen) atoms. The van der Waals surface area contributed by atoms with Crippen molar-refractivity contribution in [2.24, 2.45) is 0 Å². The first-order valence-corrected chi connectivity index (χ1v) is 24.5. The number of phosphoric acid groups is 1. The molecule has 0 bridgehead atoms. The highest BCUT2D eigenvalue weighted by Crippen LogP contribution is 2.47. The van der Waals surface area contributed by atoms with E-state index in [9.17, 15) is 44.9 Å². The fourth-order valence-electron chi connectivity index (χ4n) is 7.61. The van der Waals surface area contributed by atoms with Gasteiger partial charge in [-0.3, -0.25) is 13.8 Å². The summed E-state index contributed by atoms with van der Waals surface area (Å²) in [6, 6.07) is -1.02. The fraction of sp³-hybridized carbons (Fsp3) is 0.977. The quantitative estimate of drug-likeness (QED) is 0.0220. The Kier molecular flexibility index (Phi) is 32.5. The van der Waals surface area contributed by atoms with Gasteiger partial charge >= 0.3 is 7.82 Å². The minimum atomic E-state index is -5.05. The lowest BCUT2D eigenvalue weighted by atomic mass is 9.85. The van der Waals surface area contributed by atoms with E-state index in [0.717, 1.165) is 38.5 Å². The van der Waals surface area contributed by atoms with Gasteiger partial charge in [-0.05, 0) is 12.8 Å². The van der Waals surface area contributed by atoms with Crippen LogP contribution in [-0.2, 0) is 18.4 Å². The van der Waals surface area contributed by atoms with E-state index >= 15 is 0 Å². The average Bonchev–Trinajstić information content (AvgIpc) is 3.18. The van der Waals surface area contributed by atoms with Crippen molar-refractivity contribution in [1.29, 1.82) is 0 Å². The molecule has 0 spiro atoms. The van der Waals surface area contributed by atoms with E-state index < -0.39 is 63.2 Å². The number of aliphatic hydroxyl groups is 6. The molecule has 0 aliphatic heterocycles. The van der Waals surface area contributed by atoms with Gasteiger partial charge in [0, 0.05) is 6.42 Å². The van der Waals surface area contributed by atoms with Crippen molar-refractivity contribution in [2.45, 2.75) is 262 Å². The van der Waals surface area contributed by atoms with Crippen LogP contribution in [0.5, 0.6) is 0 Å². The van der Waals surface area contributed by atoms with Crippen LogP contribution in [0.2, 0.25) is 0 Å². The maximum absolute atomic E-state index is 12.9. The van der Waals surface area contributed by atoms with Crippen LogP contribution in [0.25, 0.3) is 0 Å². The molecule has 334 valence electrons. The van der Waals surface area contributed by atoms with Crippen molar-refractivity contribution in [2.75, 3.05) is 6.61 Å². The first-order valence-electron chi connectivity index (χ1n) is 23.0. The zero-order chi connectivity index (χ0) is 41.4. The molecule has 0 aromatic heterocycles. The predicted molar refractivity (Wildman–Crippen MR) is 223 cm³/mol. The Labute approximate surface area is 340 Å². The summed E-state index contributed by atoms with van der Waals surface area (Å²) >= 11 is 0. The van der Waals surface area contributed by atoms with Crippen LogP contribution < -0.4 is 5.32 Å². The SMILES string of the molecule is CCCCCCCCCCCCCCCCCC[C@@H](O)[C@H](COP(=O)(O)OC1C(O)C(O)C(O)[C@@H](O)C1O)NC(=O)CCCCCCCCCCCCCCC. The molecule has 8 N–H and O–H groups in total. The van der Waals surface area contributed by atoms with Crippen LogP contribution in [0.1, 0.15) is 213 Å². The normalized spacial score (nSPS) is 23.5. The second-order valence-corrected chi connectivity index (χ2v) is 18.0. The Morgan fingerprint density at radius 3 is 1.23 bits per heavy atom. The summed E-state index contributed by atoms with van der Waals surface area (Å²) in [5.41, 5.74) is 0. The van der Waals surface area contributed by atoms with Gasteiger partial charge in [-0.1, -0.05) is 194 Å². The summed E-state index contributed by atoms with van der Waals surface area (Å²) in [4.78, 5) is 23.4. The second-order valence-electron chi connectivity index (χ2n) is 16.6. The molecule has 1 fully saturated rings. The summed E-state index contributed by atoms with van der Waals surface area (Å²) in [5.74, 6) is -0.306. The first-order chi connectivity index (χ1) is 26.9. The fourth-order valence-corrected chi connectivity index (χ4v) is 8.58. The van der Waals surface area contributed by atoms with E-state index in [4.69, 9.17) is 9.05 Å². The summed E-state index contributed by atoms with van der Waals surface area (Å²) in [5, 5.41) is 64.1. The molecule has 1 rings (SSSR count). The molecule has 9 atom stereocenters. The van der Waals surface area contributed by atoms with E-state index in [2.05, 4.69) is 19.2 Å². The van der Waals surface area contributed by atoms with Gasteiger partial charge in [0.2, 0.25) is 5.91 Å². The minimum absolute atomic E-state index is 0.242. The number of nitrogens with one attached hydrogen (secondary N) is 1. The number of amides is 1. The van der Waals surface area contributed by atoms with Gasteiger partial charge in [0.05, 0.1) is 18.8 Å². The van der Waals surface area contributed by atoms with Crippen molar-refractivity contribution >= 4 is 13.7 Å². The third-order valence-electron chi connectivity index (χ3n) is 11.4. The average molecular weight is 824 g/mol. The molecular formula is C43H86NO11P. The third kappa shape index (κ3) is 25.7. The predicted octanol–water partition coefficient (Wildman–Crippen LogP) is 8.29. The van der Waals surface area contributed by atoms with Crippen LogP contribution >= 0.6 is 7.82 Å². The highest BCUT2D eigenvalue weighted by Gasteiger charge is 2.51. The standard InChI is InChI=1S/C43H86NO11P/c1-3-5-7-9-11-13-15-17-18-19-21-22-24-26-28-30-32-36(45)35(34-54-56(52,53)55-43-41(50)39(48)38(47)40(49)42(43)51)44-37(46)33-31-29-27-25-23-20-16-14-12-10-8-6-4-2/h35-36,38-43,45,47-51H,3-34H2,1-2H3,(H,44,46)(H,52,53)/t35-,36+,38?,39+,40?,41?,42?,43?/m0/s1. The van der Waals surface area contributed by atoms with E-state index in [1.54, 1.807) is 0 Å². The first kappa shape index (κ1) is 53.4. The topological polar surface area (TPSA) is 206 Å². The molecule has 6 unspecified atom stereocenters.